The Labute approximate surface area is 180 Å². The Hall–Kier alpha value is -1.80. The number of rotatable bonds is 7. The molecule has 3 heterocycles. The highest BCUT2D eigenvalue weighted by Crippen LogP contribution is 2.39. The first-order valence-corrected chi connectivity index (χ1v) is 11.7. The average Bonchev–Trinajstić information content (AvgIpc) is 3.33. The van der Waals surface area contributed by atoms with Gasteiger partial charge < -0.3 is 4.74 Å². The summed E-state index contributed by atoms with van der Waals surface area (Å²) in [5.41, 5.74) is 1.24. The first-order valence-electron chi connectivity index (χ1n) is 10.4. The van der Waals surface area contributed by atoms with E-state index in [-0.39, 0.29) is 0 Å². The Morgan fingerprint density at radius 2 is 1.83 bits per heavy atom. The maximum Gasteiger partial charge on any atom is 0.199 e. The molecule has 0 amide bonds. The number of benzene rings is 1. The summed E-state index contributed by atoms with van der Waals surface area (Å²) in [7, 11) is 0. The lowest BCUT2D eigenvalue weighted by atomic mass is 10.1. The molecule has 2 fully saturated rings. The van der Waals surface area contributed by atoms with E-state index in [1.54, 1.807) is 11.3 Å². The Morgan fingerprint density at radius 3 is 2.52 bits per heavy atom. The highest BCUT2D eigenvalue weighted by Gasteiger charge is 2.30. The zero-order valence-electron chi connectivity index (χ0n) is 16.4. The molecule has 5 nitrogen and oxygen atoms in total. The normalized spacial score (nSPS) is 18.3. The minimum atomic E-state index is 0.338. The van der Waals surface area contributed by atoms with E-state index in [9.17, 15) is 0 Å². The van der Waals surface area contributed by atoms with E-state index in [4.69, 9.17) is 22.1 Å². The summed E-state index contributed by atoms with van der Waals surface area (Å²) in [6, 6.07) is 15.2. The Balaban J connectivity index is 1.21. The molecule has 0 atom stereocenters. The molecule has 0 unspecified atom stereocenters. The summed E-state index contributed by atoms with van der Waals surface area (Å²) < 4.78 is 11.3. The summed E-state index contributed by atoms with van der Waals surface area (Å²) >= 11 is 7.54. The molecule has 2 aromatic heterocycles. The molecule has 0 radical (unpaired) electrons. The van der Waals surface area contributed by atoms with Crippen molar-refractivity contribution in [2.75, 3.05) is 13.1 Å². The first kappa shape index (κ1) is 19.2. The Bertz CT molecular complexity index is 984. The fourth-order valence-electron chi connectivity index (χ4n) is 3.94. The number of aromatic nitrogens is 3. The Morgan fingerprint density at radius 1 is 1.03 bits per heavy atom. The molecule has 1 aliphatic carbocycles. The zero-order chi connectivity index (χ0) is 19.6. The van der Waals surface area contributed by atoms with E-state index >= 15 is 0 Å². The molecule has 7 heteroatoms. The predicted octanol–water partition coefficient (Wildman–Crippen LogP) is 5.12. The molecule has 0 bridgehead atoms. The molecule has 5 rings (SSSR count). The van der Waals surface area contributed by atoms with Crippen LogP contribution in [-0.2, 0) is 18.0 Å². The second-order valence-electron chi connectivity index (χ2n) is 7.94. The summed E-state index contributed by atoms with van der Waals surface area (Å²) in [6.07, 6.45) is 4.87. The second kappa shape index (κ2) is 8.52. The monoisotopic (exact) mass is 426 g/mol. The van der Waals surface area contributed by atoms with E-state index in [2.05, 4.69) is 51.2 Å². The predicted molar refractivity (Wildman–Crippen MR) is 118 cm³/mol. The van der Waals surface area contributed by atoms with Gasteiger partial charge in [-0.25, -0.2) is 4.68 Å². The SMILES string of the molecule is S=c1n(CN2CCC(OCc3ccccc3)CC2)nc(-c2cccs2)n1C1CC1. The number of hydrogen-bond donors (Lipinski definition) is 0. The van der Waals surface area contributed by atoms with Crippen molar-refractivity contribution in [3.63, 3.8) is 0 Å². The van der Waals surface area contributed by atoms with Crippen LogP contribution in [-0.4, -0.2) is 38.4 Å². The van der Waals surface area contributed by atoms with Gasteiger partial charge in [0.25, 0.3) is 0 Å². The molecular weight excluding hydrogens is 400 g/mol. The largest absolute Gasteiger partial charge is 0.373 e. The smallest absolute Gasteiger partial charge is 0.199 e. The van der Waals surface area contributed by atoms with E-state index in [0.717, 1.165) is 43.2 Å². The van der Waals surface area contributed by atoms with Crippen LogP contribution in [0.15, 0.2) is 47.8 Å². The lowest BCUT2D eigenvalue weighted by Gasteiger charge is -2.31. The van der Waals surface area contributed by atoms with E-state index in [0.29, 0.717) is 18.8 Å². The van der Waals surface area contributed by atoms with Crippen molar-refractivity contribution in [2.45, 2.75) is 51.1 Å². The van der Waals surface area contributed by atoms with Crippen LogP contribution in [0.25, 0.3) is 10.7 Å². The van der Waals surface area contributed by atoms with Crippen LogP contribution in [0.4, 0.5) is 0 Å². The van der Waals surface area contributed by atoms with E-state index in [1.165, 1.54) is 23.3 Å². The van der Waals surface area contributed by atoms with Crippen LogP contribution >= 0.6 is 23.6 Å². The summed E-state index contributed by atoms with van der Waals surface area (Å²) in [6.45, 7) is 3.51. The summed E-state index contributed by atoms with van der Waals surface area (Å²) in [4.78, 5) is 3.65. The average molecular weight is 427 g/mol. The molecule has 1 saturated carbocycles. The zero-order valence-corrected chi connectivity index (χ0v) is 18.1. The van der Waals surface area contributed by atoms with Crippen LogP contribution in [0.5, 0.6) is 0 Å². The van der Waals surface area contributed by atoms with Gasteiger partial charge in [0.1, 0.15) is 0 Å². The van der Waals surface area contributed by atoms with Gasteiger partial charge in [-0.05, 0) is 54.9 Å². The van der Waals surface area contributed by atoms with Crippen molar-refractivity contribution in [3.05, 3.63) is 58.2 Å². The molecule has 1 aromatic carbocycles. The molecular formula is C22H26N4OS2. The number of piperidine rings is 1. The minimum Gasteiger partial charge on any atom is -0.373 e. The highest BCUT2D eigenvalue weighted by atomic mass is 32.1. The van der Waals surface area contributed by atoms with Crippen molar-refractivity contribution in [2.24, 2.45) is 0 Å². The van der Waals surface area contributed by atoms with E-state index < -0.39 is 0 Å². The van der Waals surface area contributed by atoms with Crippen molar-refractivity contribution in [1.82, 2.24) is 19.2 Å². The molecule has 1 saturated heterocycles. The van der Waals surface area contributed by atoms with Gasteiger partial charge in [0.05, 0.1) is 24.3 Å². The standard InChI is InChI=1S/C22H26N4OS2/c28-22-25(23-21(20-7-4-14-29-20)26(22)18-8-9-18)16-24-12-10-19(11-13-24)27-15-17-5-2-1-3-6-17/h1-7,14,18-19H,8-13,15-16H2. The van der Waals surface area contributed by atoms with Gasteiger partial charge in [-0.1, -0.05) is 36.4 Å². The molecule has 152 valence electrons. The van der Waals surface area contributed by atoms with Crippen molar-refractivity contribution >= 4 is 23.6 Å². The number of likely N-dealkylation sites (tertiary alicyclic amines) is 1. The molecule has 0 spiro atoms. The van der Waals surface area contributed by atoms with Crippen LogP contribution in [0.1, 0.15) is 37.3 Å². The maximum atomic E-state index is 6.13. The van der Waals surface area contributed by atoms with Crippen LogP contribution in [0.2, 0.25) is 0 Å². The van der Waals surface area contributed by atoms with Crippen LogP contribution < -0.4 is 0 Å². The summed E-state index contributed by atoms with van der Waals surface area (Å²) in [5.74, 6) is 1.04. The van der Waals surface area contributed by atoms with Gasteiger partial charge in [0, 0.05) is 19.1 Å². The Kier molecular flexibility index (Phi) is 5.63. The fourth-order valence-corrected chi connectivity index (χ4v) is 4.98. The molecule has 29 heavy (non-hydrogen) atoms. The lowest BCUT2D eigenvalue weighted by molar-refractivity contribution is -0.00918. The number of hydrogen-bond acceptors (Lipinski definition) is 5. The van der Waals surface area contributed by atoms with Gasteiger partial charge in [-0.3, -0.25) is 9.47 Å². The first-order chi connectivity index (χ1) is 14.3. The third kappa shape index (κ3) is 4.38. The third-order valence-corrected chi connectivity index (χ3v) is 6.99. The van der Waals surface area contributed by atoms with Crippen LogP contribution in [0.3, 0.4) is 0 Å². The molecule has 1 aliphatic heterocycles. The summed E-state index contributed by atoms with van der Waals surface area (Å²) in [5, 5.41) is 7.02. The highest BCUT2D eigenvalue weighted by molar-refractivity contribution is 7.71. The third-order valence-electron chi connectivity index (χ3n) is 5.72. The number of ether oxygens (including phenoxy) is 1. The molecule has 2 aliphatic rings. The lowest BCUT2D eigenvalue weighted by Crippen LogP contribution is -2.38. The topological polar surface area (TPSA) is 35.2 Å². The van der Waals surface area contributed by atoms with Crippen molar-refractivity contribution < 1.29 is 4.74 Å². The van der Waals surface area contributed by atoms with Gasteiger partial charge >= 0.3 is 0 Å². The number of nitrogens with zero attached hydrogens (tertiary/aromatic N) is 4. The molecule has 0 N–H and O–H groups in total. The van der Waals surface area contributed by atoms with Crippen LogP contribution in [0, 0.1) is 4.77 Å². The minimum absolute atomic E-state index is 0.338. The quantitative estimate of drug-likeness (QED) is 0.492. The van der Waals surface area contributed by atoms with E-state index in [1.807, 2.05) is 10.7 Å². The molecule has 3 aromatic rings. The number of thiophene rings is 1. The van der Waals surface area contributed by atoms with Gasteiger partial charge in [0.2, 0.25) is 0 Å². The van der Waals surface area contributed by atoms with Crippen molar-refractivity contribution in [3.8, 4) is 10.7 Å². The van der Waals surface area contributed by atoms with Gasteiger partial charge in [-0.15, -0.1) is 16.4 Å². The second-order valence-corrected chi connectivity index (χ2v) is 9.25. The van der Waals surface area contributed by atoms with Crippen molar-refractivity contribution in [1.29, 1.82) is 0 Å². The van der Waals surface area contributed by atoms with Gasteiger partial charge in [-0.2, -0.15) is 0 Å². The maximum absolute atomic E-state index is 6.13. The fraction of sp³-hybridized carbons (Fsp3) is 0.455. The van der Waals surface area contributed by atoms with Gasteiger partial charge in [0.15, 0.2) is 10.6 Å².